The van der Waals surface area contributed by atoms with Crippen molar-refractivity contribution in [2.75, 3.05) is 47.8 Å². The van der Waals surface area contributed by atoms with Crippen LogP contribution in [-0.4, -0.2) is 58.6 Å². The molecule has 2 aliphatic rings. The number of nitrogens with zero attached hydrogens (tertiary/aromatic N) is 2. The lowest BCUT2D eigenvalue weighted by molar-refractivity contribution is 0.0511. The molecule has 0 atom stereocenters. The Morgan fingerprint density at radius 3 is 2.68 bits per heavy atom. The van der Waals surface area contributed by atoms with Gasteiger partial charge in [0.05, 0.1) is 7.11 Å². The van der Waals surface area contributed by atoms with Crippen LogP contribution in [0.4, 0.5) is 0 Å². The van der Waals surface area contributed by atoms with E-state index < -0.39 is 0 Å². The first-order valence-corrected chi connectivity index (χ1v) is 10.7. The molecule has 0 aromatic heterocycles. The maximum atomic E-state index is 5.69. The van der Waals surface area contributed by atoms with Crippen LogP contribution in [0.3, 0.4) is 0 Å². The van der Waals surface area contributed by atoms with E-state index in [1.54, 1.807) is 7.11 Å². The summed E-state index contributed by atoms with van der Waals surface area (Å²) in [6.07, 6.45) is 1.87. The van der Waals surface area contributed by atoms with Crippen molar-refractivity contribution in [3.63, 3.8) is 0 Å². The summed E-state index contributed by atoms with van der Waals surface area (Å²) >= 11 is 0. The highest BCUT2D eigenvalue weighted by molar-refractivity contribution is 5.79. The lowest BCUT2D eigenvalue weighted by atomic mass is 9.74. The number of methoxy groups -OCH3 is 1. The number of ether oxygens (including phenoxy) is 4. The van der Waals surface area contributed by atoms with Crippen molar-refractivity contribution in [1.29, 1.82) is 0 Å². The molecule has 0 spiro atoms. The molecule has 0 aliphatic carbocycles. The molecule has 1 fully saturated rings. The van der Waals surface area contributed by atoms with Gasteiger partial charge in [-0.2, -0.15) is 0 Å². The Kier molecular flexibility index (Phi) is 6.51. The topological polar surface area (TPSA) is 64.6 Å². The van der Waals surface area contributed by atoms with Gasteiger partial charge in [0.2, 0.25) is 6.79 Å². The highest BCUT2D eigenvalue weighted by Gasteiger charge is 2.36. The molecule has 2 heterocycles. The van der Waals surface area contributed by atoms with Gasteiger partial charge in [0.25, 0.3) is 0 Å². The van der Waals surface area contributed by atoms with E-state index in [-0.39, 0.29) is 12.2 Å². The number of aliphatic imine (C=N–C) groups is 1. The number of nitrogens with one attached hydrogen (secondary N) is 1. The van der Waals surface area contributed by atoms with Crippen LogP contribution in [-0.2, 0) is 16.7 Å². The molecule has 0 amide bonds. The number of benzene rings is 2. The van der Waals surface area contributed by atoms with E-state index in [4.69, 9.17) is 18.9 Å². The fourth-order valence-corrected chi connectivity index (χ4v) is 4.35. The third kappa shape index (κ3) is 4.56. The van der Waals surface area contributed by atoms with Crippen molar-refractivity contribution in [2.45, 2.75) is 24.8 Å². The van der Waals surface area contributed by atoms with Gasteiger partial charge < -0.3 is 29.2 Å². The van der Waals surface area contributed by atoms with E-state index in [9.17, 15) is 0 Å². The molecule has 166 valence electrons. The minimum Gasteiger partial charge on any atom is -0.496 e. The van der Waals surface area contributed by atoms with Crippen molar-refractivity contribution in [3.8, 4) is 17.2 Å². The summed E-state index contributed by atoms with van der Waals surface area (Å²) in [6.45, 7) is 3.23. The van der Waals surface area contributed by atoms with E-state index in [0.29, 0.717) is 6.54 Å². The first kappa shape index (κ1) is 21.3. The molecular formula is C24H31N3O4. The molecule has 1 saturated heterocycles. The van der Waals surface area contributed by atoms with Crippen LogP contribution in [0.15, 0.2) is 47.5 Å². The summed E-state index contributed by atoms with van der Waals surface area (Å²) in [5, 5.41) is 3.61. The van der Waals surface area contributed by atoms with Crippen molar-refractivity contribution in [3.05, 3.63) is 53.6 Å². The molecule has 4 rings (SSSR count). The normalized spacial score (nSPS) is 17.3. The second kappa shape index (κ2) is 9.47. The number of guanidine groups is 1. The molecule has 1 N–H and O–H groups in total. The summed E-state index contributed by atoms with van der Waals surface area (Å²) in [4.78, 5) is 6.64. The number of para-hydroxylation sites is 1. The first-order chi connectivity index (χ1) is 15.1. The summed E-state index contributed by atoms with van der Waals surface area (Å²) in [7, 11) is 5.56. The van der Waals surface area contributed by atoms with Gasteiger partial charge in [0.1, 0.15) is 5.75 Å². The van der Waals surface area contributed by atoms with Gasteiger partial charge >= 0.3 is 0 Å². The number of hydrogen-bond acceptors (Lipinski definition) is 5. The van der Waals surface area contributed by atoms with E-state index in [0.717, 1.165) is 61.4 Å². The van der Waals surface area contributed by atoms with E-state index >= 15 is 0 Å². The predicted molar refractivity (Wildman–Crippen MR) is 120 cm³/mol. The van der Waals surface area contributed by atoms with Gasteiger partial charge in [-0.05, 0) is 36.6 Å². The average Bonchev–Trinajstić information content (AvgIpc) is 3.28. The molecule has 0 radical (unpaired) electrons. The molecule has 0 unspecified atom stereocenters. The Morgan fingerprint density at radius 1 is 1.13 bits per heavy atom. The van der Waals surface area contributed by atoms with E-state index in [1.165, 1.54) is 5.56 Å². The van der Waals surface area contributed by atoms with Crippen LogP contribution in [0.2, 0.25) is 0 Å². The van der Waals surface area contributed by atoms with Crippen molar-refractivity contribution < 1.29 is 18.9 Å². The Balaban J connectivity index is 1.49. The first-order valence-electron chi connectivity index (χ1n) is 10.7. The Morgan fingerprint density at radius 2 is 1.90 bits per heavy atom. The predicted octanol–water partition coefficient (Wildman–Crippen LogP) is 3.18. The van der Waals surface area contributed by atoms with E-state index in [1.807, 2.05) is 38.4 Å². The molecule has 0 saturated carbocycles. The SMILES string of the molecule is CN=C(NCC1(c2ccc3c(c2)OCO3)CCOCC1)N(C)Cc1ccccc1OC. The summed E-state index contributed by atoms with van der Waals surface area (Å²) in [5.74, 6) is 3.36. The quantitative estimate of drug-likeness (QED) is 0.567. The lowest BCUT2D eigenvalue weighted by Crippen LogP contribution is -2.48. The molecule has 2 aromatic rings. The Labute approximate surface area is 184 Å². The maximum absolute atomic E-state index is 5.69. The highest BCUT2D eigenvalue weighted by Crippen LogP contribution is 2.40. The van der Waals surface area contributed by atoms with Crippen molar-refractivity contribution in [1.82, 2.24) is 10.2 Å². The molecule has 31 heavy (non-hydrogen) atoms. The smallest absolute Gasteiger partial charge is 0.231 e. The third-order valence-corrected chi connectivity index (χ3v) is 6.19. The zero-order chi connectivity index (χ0) is 21.7. The second-order valence-electron chi connectivity index (χ2n) is 8.03. The fourth-order valence-electron chi connectivity index (χ4n) is 4.35. The van der Waals surface area contributed by atoms with Gasteiger partial charge in [0.15, 0.2) is 17.5 Å². The lowest BCUT2D eigenvalue weighted by Gasteiger charge is -2.39. The van der Waals surface area contributed by atoms with Crippen LogP contribution < -0.4 is 19.5 Å². The van der Waals surface area contributed by atoms with Crippen LogP contribution in [0.25, 0.3) is 0 Å². The summed E-state index contributed by atoms with van der Waals surface area (Å²) < 4.78 is 22.3. The molecule has 2 aromatic carbocycles. The number of hydrogen-bond donors (Lipinski definition) is 1. The summed E-state index contributed by atoms with van der Waals surface area (Å²) in [5.41, 5.74) is 2.31. The highest BCUT2D eigenvalue weighted by atomic mass is 16.7. The van der Waals surface area contributed by atoms with Gasteiger partial charge in [-0.25, -0.2) is 0 Å². The molecular weight excluding hydrogens is 394 g/mol. The Hall–Kier alpha value is -2.93. The Bertz CT molecular complexity index is 925. The minimum absolute atomic E-state index is 0.0551. The zero-order valence-electron chi connectivity index (χ0n) is 18.5. The van der Waals surface area contributed by atoms with Gasteiger partial charge in [0, 0.05) is 51.4 Å². The fraction of sp³-hybridized carbons (Fsp3) is 0.458. The van der Waals surface area contributed by atoms with Crippen molar-refractivity contribution in [2.24, 2.45) is 4.99 Å². The minimum atomic E-state index is -0.0551. The third-order valence-electron chi connectivity index (χ3n) is 6.19. The van der Waals surface area contributed by atoms with Gasteiger partial charge in [-0.3, -0.25) is 4.99 Å². The molecule has 7 nitrogen and oxygen atoms in total. The van der Waals surface area contributed by atoms with E-state index in [2.05, 4.69) is 33.4 Å². The average molecular weight is 426 g/mol. The number of rotatable bonds is 6. The maximum Gasteiger partial charge on any atom is 0.231 e. The van der Waals surface area contributed by atoms with Crippen LogP contribution in [0, 0.1) is 0 Å². The monoisotopic (exact) mass is 425 g/mol. The van der Waals surface area contributed by atoms with Crippen LogP contribution >= 0.6 is 0 Å². The van der Waals surface area contributed by atoms with Gasteiger partial charge in [-0.15, -0.1) is 0 Å². The largest absolute Gasteiger partial charge is 0.496 e. The molecule has 0 bridgehead atoms. The van der Waals surface area contributed by atoms with Crippen LogP contribution in [0.5, 0.6) is 17.2 Å². The van der Waals surface area contributed by atoms with Crippen molar-refractivity contribution >= 4 is 5.96 Å². The molecule has 7 heteroatoms. The second-order valence-corrected chi connectivity index (χ2v) is 8.03. The van der Waals surface area contributed by atoms with Gasteiger partial charge in [-0.1, -0.05) is 24.3 Å². The zero-order valence-corrected chi connectivity index (χ0v) is 18.5. The standard InChI is InChI=1S/C24H31N3O4/c1-25-23(27(2)15-18-6-4-5-7-20(18)28-3)26-16-24(10-12-29-13-11-24)19-8-9-21-22(14-19)31-17-30-21/h4-9,14H,10-13,15-17H2,1-3H3,(H,25,26). The molecule has 2 aliphatic heterocycles. The number of fused-ring (bicyclic) bond motifs is 1. The van der Waals surface area contributed by atoms with Crippen LogP contribution in [0.1, 0.15) is 24.0 Å². The summed E-state index contributed by atoms with van der Waals surface area (Å²) in [6, 6.07) is 14.4.